The van der Waals surface area contributed by atoms with E-state index in [4.69, 9.17) is 4.74 Å². The minimum atomic E-state index is -4.04. The number of carboxylic acid groups (broad SMARTS) is 1. The van der Waals surface area contributed by atoms with Gasteiger partial charge in [-0.05, 0) is 54.7 Å². The standard InChI is InChI=1S/C26H34N4O7S/c1-25(2)19-9-10-26(25,22(31)15-19)16-38(35,36)29-21(24(33)34)14-18-5-7-20(8-6-18)37-13-3-4-23(32)28-30-12-11-27-17-30/h5-8,11-12,17,19,21,29H,3-4,9-10,13-16H2,1-2H3,(H,28,32)(H,33,34)/t19?,21-,26?/m0/s1. The van der Waals surface area contributed by atoms with Gasteiger partial charge in [-0.2, -0.15) is 0 Å². The lowest BCUT2D eigenvalue weighted by Crippen LogP contribution is -2.49. The van der Waals surface area contributed by atoms with Gasteiger partial charge in [0, 0.05) is 30.7 Å². The van der Waals surface area contributed by atoms with E-state index in [1.54, 1.807) is 36.7 Å². The first kappa shape index (κ1) is 27.8. The van der Waals surface area contributed by atoms with Crippen molar-refractivity contribution in [2.75, 3.05) is 17.8 Å². The van der Waals surface area contributed by atoms with Crippen LogP contribution in [0.25, 0.3) is 0 Å². The van der Waals surface area contributed by atoms with Crippen molar-refractivity contribution >= 4 is 27.7 Å². The van der Waals surface area contributed by atoms with Crippen LogP contribution in [0, 0.1) is 16.7 Å². The zero-order valence-corrected chi connectivity index (χ0v) is 22.4. The molecule has 2 unspecified atom stereocenters. The maximum Gasteiger partial charge on any atom is 0.322 e. The summed E-state index contributed by atoms with van der Waals surface area (Å²) in [6.07, 6.45) is 7.07. The van der Waals surface area contributed by atoms with Crippen LogP contribution in [0.15, 0.2) is 43.0 Å². The topological polar surface area (TPSA) is 157 Å². The highest BCUT2D eigenvalue weighted by atomic mass is 32.2. The van der Waals surface area contributed by atoms with Crippen molar-refractivity contribution < 1.29 is 32.6 Å². The molecular weight excluding hydrogens is 512 g/mol. The molecule has 38 heavy (non-hydrogen) atoms. The number of imidazole rings is 1. The van der Waals surface area contributed by atoms with E-state index < -0.39 is 32.9 Å². The lowest BCUT2D eigenvalue weighted by atomic mass is 9.70. The summed E-state index contributed by atoms with van der Waals surface area (Å²) in [5.74, 6) is -1.17. The van der Waals surface area contributed by atoms with Gasteiger partial charge >= 0.3 is 5.97 Å². The smallest absolute Gasteiger partial charge is 0.322 e. The number of Topliss-reactive ketones (excluding diaryl/α,β-unsaturated/α-hetero) is 1. The number of hydrogen-bond acceptors (Lipinski definition) is 7. The number of carbonyl (C=O) groups is 3. The number of aliphatic carboxylic acids is 1. The summed E-state index contributed by atoms with van der Waals surface area (Å²) >= 11 is 0. The van der Waals surface area contributed by atoms with Crippen LogP contribution in [0.4, 0.5) is 0 Å². The van der Waals surface area contributed by atoms with Crippen molar-refractivity contribution in [2.24, 2.45) is 16.7 Å². The van der Waals surface area contributed by atoms with Gasteiger partial charge in [0.25, 0.3) is 0 Å². The van der Waals surface area contributed by atoms with E-state index in [2.05, 4.69) is 15.1 Å². The molecule has 0 spiro atoms. The van der Waals surface area contributed by atoms with Gasteiger partial charge in [0.15, 0.2) is 0 Å². The summed E-state index contributed by atoms with van der Waals surface area (Å²) < 4.78 is 35.6. The molecule has 0 aliphatic heterocycles. The fourth-order valence-corrected chi connectivity index (χ4v) is 7.80. The SMILES string of the molecule is CC1(C)C2CCC1(CS(=O)(=O)N[C@@H](Cc1ccc(OCCCC(=O)Nn3ccnc3)cc1)C(=O)O)C(=O)C2. The molecule has 1 amide bonds. The Kier molecular flexibility index (Phi) is 7.93. The zero-order valence-electron chi connectivity index (χ0n) is 21.6. The van der Waals surface area contributed by atoms with Crippen LogP contribution in [0.1, 0.15) is 51.5 Å². The van der Waals surface area contributed by atoms with Crippen LogP contribution in [0.2, 0.25) is 0 Å². The highest BCUT2D eigenvalue weighted by Crippen LogP contribution is 2.64. The first-order chi connectivity index (χ1) is 17.9. The number of amides is 1. The van der Waals surface area contributed by atoms with Crippen molar-refractivity contribution in [3.63, 3.8) is 0 Å². The monoisotopic (exact) mass is 546 g/mol. The average molecular weight is 547 g/mol. The summed E-state index contributed by atoms with van der Waals surface area (Å²) in [6.45, 7) is 4.20. The molecule has 4 rings (SSSR count). The van der Waals surface area contributed by atoms with Crippen LogP contribution >= 0.6 is 0 Å². The number of hydrogen-bond donors (Lipinski definition) is 3. The number of sulfonamides is 1. The van der Waals surface area contributed by atoms with Crippen LogP contribution in [0.5, 0.6) is 5.75 Å². The number of nitrogens with one attached hydrogen (secondary N) is 2. The van der Waals surface area contributed by atoms with Crippen molar-refractivity contribution in [3.05, 3.63) is 48.5 Å². The largest absolute Gasteiger partial charge is 0.494 e. The molecule has 2 aliphatic carbocycles. The van der Waals surface area contributed by atoms with Crippen molar-refractivity contribution in [2.45, 2.75) is 58.4 Å². The molecule has 1 aromatic carbocycles. The second-order valence-corrected chi connectivity index (χ2v) is 12.5. The van der Waals surface area contributed by atoms with E-state index in [1.165, 1.54) is 11.0 Å². The lowest BCUT2D eigenvalue weighted by Gasteiger charge is -2.36. The molecular formula is C26H34N4O7S. The number of fused-ring (bicyclic) bond motifs is 2. The first-order valence-electron chi connectivity index (χ1n) is 12.7. The second-order valence-electron chi connectivity index (χ2n) is 10.7. The molecule has 206 valence electrons. The molecule has 3 atom stereocenters. The van der Waals surface area contributed by atoms with Crippen LogP contribution in [0.3, 0.4) is 0 Å². The molecule has 12 heteroatoms. The Balaban J connectivity index is 1.28. The molecule has 2 aliphatic rings. The van der Waals surface area contributed by atoms with Gasteiger partial charge in [-0.15, -0.1) is 0 Å². The molecule has 2 aromatic rings. The van der Waals surface area contributed by atoms with Crippen LogP contribution in [-0.4, -0.2) is 59.2 Å². The summed E-state index contributed by atoms with van der Waals surface area (Å²) in [6, 6.07) is 5.33. The Labute approximate surface area is 222 Å². The Morgan fingerprint density at radius 2 is 2.00 bits per heavy atom. The minimum Gasteiger partial charge on any atom is -0.494 e. The number of ketones is 1. The van der Waals surface area contributed by atoms with Gasteiger partial charge in [-0.25, -0.2) is 22.8 Å². The third-order valence-electron chi connectivity index (χ3n) is 8.13. The van der Waals surface area contributed by atoms with E-state index >= 15 is 0 Å². The van der Waals surface area contributed by atoms with E-state index in [-0.39, 0.29) is 36.2 Å². The highest BCUT2D eigenvalue weighted by molar-refractivity contribution is 7.89. The van der Waals surface area contributed by atoms with Crippen molar-refractivity contribution in [1.29, 1.82) is 0 Å². The lowest BCUT2D eigenvalue weighted by molar-refractivity contribution is -0.139. The number of carbonyl (C=O) groups excluding carboxylic acids is 2. The number of nitrogens with zero attached hydrogens (tertiary/aromatic N) is 2. The Hall–Kier alpha value is -3.25. The molecule has 2 bridgehead atoms. The third-order valence-corrected chi connectivity index (χ3v) is 9.65. The summed E-state index contributed by atoms with van der Waals surface area (Å²) in [5, 5.41) is 9.71. The predicted molar refractivity (Wildman–Crippen MR) is 138 cm³/mol. The maximum atomic E-state index is 13.1. The van der Waals surface area contributed by atoms with E-state index in [1.807, 2.05) is 13.8 Å². The summed E-state index contributed by atoms with van der Waals surface area (Å²) in [5.41, 5.74) is 1.87. The summed E-state index contributed by atoms with van der Waals surface area (Å²) in [7, 11) is -4.04. The molecule has 0 radical (unpaired) electrons. The molecule has 2 fully saturated rings. The zero-order chi connectivity index (χ0) is 27.6. The van der Waals surface area contributed by atoms with Crippen LogP contribution in [-0.2, 0) is 30.8 Å². The molecule has 1 aromatic heterocycles. The molecule has 1 heterocycles. The average Bonchev–Trinajstić information content (AvgIpc) is 3.48. The van der Waals surface area contributed by atoms with Gasteiger partial charge < -0.3 is 9.84 Å². The molecule has 0 saturated heterocycles. The number of ether oxygens (including phenoxy) is 1. The Morgan fingerprint density at radius 1 is 1.26 bits per heavy atom. The van der Waals surface area contributed by atoms with Gasteiger partial charge in [0.1, 0.15) is 23.9 Å². The fourth-order valence-electron chi connectivity index (χ4n) is 5.78. The number of carboxylic acids is 1. The number of rotatable bonds is 13. The summed E-state index contributed by atoms with van der Waals surface area (Å²) in [4.78, 5) is 40.4. The van der Waals surface area contributed by atoms with Crippen molar-refractivity contribution in [3.8, 4) is 5.75 Å². The second kappa shape index (κ2) is 10.9. The minimum absolute atomic E-state index is 0.0367. The van der Waals surface area contributed by atoms with Gasteiger partial charge in [0.05, 0.1) is 12.4 Å². The van der Waals surface area contributed by atoms with E-state index in [0.717, 1.165) is 6.42 Å². The highest BCUT2D eigenvalue weighted by Gasteiger charge is 2.65. The molecule has 11 nitrogen and oxygen atoms in total. The van der Waals surface area contributed by atoms with Gasteiger partial charge in [-0.1, -0.05) is 26.0 Å². The first-order valence-corrected chi connectivity index (χ1v) is 14.3. The molecule has 3 N–H and O–H groups in total. The quantitative estimate of drug-likeness (QED) is 0.323. The third kappa shape index (κ3) is 5.91. The predicted octanol–water partition coefficient (Wildman–Crippen LogP) is 2.12. The number of benzene rings is 1. The van der Waals surface area contributed by atoms with Crippen molar-refractivity contribution in [1.82, 2.24) is 14.4 Å². The molecule has 2 saturated carbocycles. The number of aromatic nitrogens is 2. The van der Waals surface area contributed by atoms with Crippen LogP contribution < -0.4 is 14.9 Å². The Bertz CT molecular complexity index is 1280. The Morgan fingerprint density at radius 3 is 2.58 bits per heavy atom. The normalized spacial score (nSPS) is 22.8. The van der Waals surface area contributed by atoms with E-state index in [9.17, 15) is 27.9 Å². The van der Waals surface area contributed by atoms with Gasteiger partial charge in [-0.3, -0.25) is 19.8 Å². The van der Waals surface area contributed by atoms with Gasteiger partial charge in [0.2, 0.25) is 15.9 Å². The maximum absolute atomic E-state index is 13.1. The van der Waals surface area contributed by atoms with E-state index in [0.29, 0.717) is 37.2 Å². The fraction of sp³-hybridized carbons (Fsp3) is 0.538.